The lowest BCUT2D eigenvalue weighted by Gasteiger charge is -1.84. The van der Waals surface area contributed by atoms with Gasteiger partial charge in [-0.05, 0) is 12.1 Å². The summed E-state index contributed by atoms with van der Waals surface area (Å²) in [4.78, 5) is 11.3. The second-order valence-corrected chi connectivity index (χ2v) is 2.41. The van der Waals surface area contributed by atoms with Crippen LogP contribution in [0.4, 0.5) is 0 Å². The molecule has 0 unspecified atom stereocenters. The van der Waals surface area contributed by atoms with E-state index in [2.05, 4.69) is 10.2 Å². The van der Waals surface area contributed by atoms with Gasteiger partial charge in [-0.2, -0.15) is 10.2 Å². The van der Waals surface area contributed by atoms with Crippen LogP contribution in [0.2, 0.25) is 0 Å². The van der Waals surface area contributed by atoms with E-state index in [1.165, 1.54) is 12.3 Å². The van der Waals surface area contributed by atoms with Gasteiger partial charge in [0.2, 0.25) is 0 Å². The molecule has 1 aromatic carbocycles. The number of hydrogen-bond acceptors (Lipinski definition) is 3. The number of rotatable bonds is 0. The van der Waals surface area contributed by atoms with E-state index in [1.807, 2.05) is 12.1 Å². The molecule has 0 fully saturated rings. The molecule has 0 saturated carbocycles. The van der Waals surface area contributed by atoms with E-state index in [-0.39, 0.29) is 17.8 Å². The van der Waals surface area contributed by atoms with Crippen molar-refractivity contribution in [3.05, 3.63) is 46.8 Å². The van der Waals surface area contributed by atoms with Crippen molar-refractivity contribution in [3.8, 4) is 0 Å². The van der Waals surface area contributed by atoms with E-state index >= 15 is 0 Å². The van der Waals surface area contributed by atoms with Gasteiger partial charge in [-0.15, -0.1) is 12.4 Å². The first-order valence-electron chi connectivity index (χ1n) is 3.59. The van der Waals surface area contributed by atoms with Crippen molar-refractivity contribution < 1.29 is 0 Å². The third kappa shape index (κ3) is 1.81. The molecule has 0 N–H and O–H groups in total. The molecule has 0 radical (unpaired) electrons. The van der Waals surface area contributed by atoms with E-state index in [1.54, 1.807) is 12.1 Å². The molecule has 2 aromatic rings. The zero-order chi connectivity index (χ0) is 8.39. The van der Waals surface area contributed by atoms with Crippen molar-refractivity contribution in [2.24, 2.45) is 0 Å². The molecule has 0 amide bonds. The van der Waals surface area contributed by atoms with E-state index in [9.17, 15) is 4.79 Å². The van der Waals surface area contributed by atoms with Crippen LogP contribution in [-0.4, -0.2) is 10.2 Å². The second kappa shape index (κ2) is 3.96. The number of nitrogens with zero attached hydrogens (tertiary/aromatic N) is 2. The summed E-state index contributed by atoms with van der Waals surface area (Å²) in [5.41, 5.74) is 0.586. The van der Waals surface area contributed by atoms with Crippen LogP contribution in [0.15, 0.2) is 41.3 Å². The molecule has 1 aromatic heterocycles. The van der Waals surface area contributed by atoms with Crippen molar-refractivity contribution >= 4 is 23.3 Å². The SMILES string of the molecule is Cl.O=c1ccnnc2ccccc12. The lowest BCUT2D eigenvalue weighted by Crippen LogP contribution is -1.93. The average Bonchev–Trinajstić information content (AvgIpc) is 2.29. The first-order valence-corrected chi connectivity index (χ1v) is 3.59. The first-order chi connectivity index (χ1) is 5.88. The Kier molecular flexibility index (Phi) is 2.93. The van der Waals surface area contributed by atoms with Crippen LogP contribution in [0.25, 0.3) is 10.9 Å². The summed E-state index contributed by atoms with van der Waals surface area (Å²) in [5.74, 6) is 0. The maximum Gasteiger partial charge on any atom is 0.189 e. The second-order valence-electron chi connectivity index (χ2n) is 2.41. The molecule has 2 rings (SSSR count). The highest BCUT2D eigenvalue weighted by Gasteiger charge is 1.93. The molecular formula is C9H7ClN2O. The van der Waals surface area contributed by atoms with Gasteiger partial charge in [-0.3, -0.25) is 4.79 Å². The normalized spacial score (nSPS) is 9.23. The highest BCUT2D eigenvalue weighted by Crippen LogP contribution is 2.01. The Morgan fingerprint density at radius 1 is 1.08 bits per heavy atom. The van der Waals surface area contributed by atoms with Gasteiger partial charge in [0, 0.05) is 11.5 Å². The van der Waals surface area contributed by atoms with Crippen LogP contribution in [0, 0.1) is 0 Å². The van der Waals surface area contributed by atoms with Gasteiger partial charge in [-0.1, -0.05) is 12.1 Å². The fraction of sp³-hybridized carbons (Fsp3) is 0. The predicted molar refractivity (Wildman–Crippen MR) is 53.1 cm³/mol. The van der Waals surface area contributed by atoms with Crippen LogP contribution < -0.4 is 5.43 Å². The summed E-state index contributed by atoms with van der Waals surface area (Å²) in [6.45, 7) is 0. The number of halogens is 1. The molecule has 0 saturated heterocycles. The van der Waals surface area contributed by atoms with E-state index < -0.39 is 0 Å². The molecular weight excluding hydrogens is 188 g/mol. The number of hydrogen-bond donors (Lipinski definition) is 0. The molecule has 0 aliphatic rings. The summed E-state index contributed by atoms with van der Waals surface area (Å²) in [7, 11) is 0. The quantitative estimate of drug-likeness (QED) is 0.637. The molecule has 0 aliphatic carbocycles. The molecule has 0 aliphatic heterocycles. The summed E-state index contributed by atoms with van der Waals surface area (Å²) in [6.07, 6.45) is 1.41. The molecule has 0 atom stereocenters. The summed E-state index contributed by atoms with van der Waals surface area (Å²) in [6, 6.07) is 8.56. The highest BCUT2D eigenvalue weighted by molar-refractivity contribution is 5.85. The Morgan fingerprint density at radius 3 is 2.69 bits per heavy atom. The minimum absolute atomic E-state index is 0. The maximum atomic E-state index is 11.3. The zero-order valence-corrected chi connectivity index (χ0v) is 7.49. The monoisotopic (exact) mass is 194 g/mol. The van der Waals surface area contributed by atoms with E-state index in [4.69, 9.17) is 0 Å². The lowest BCUT2D eigenvalue weighted by molar-refractivity contribution is 1.09. The first kappa shape index (κ1) is 9.61. The standard InChI is InChI=1S/C9H6N2O.ClH/c12-9-5-6-10-11-8-4-2-1-3-7(8)9;/h1-6H;1H. The number of aromatic nitrogens is 2. The molecule has 3 nitrogen and oxygen atoms in total. The fourth-order valence-corrected chi connectivity index (χ4v) is 1.06. The van der Waals surface area contributed by atoms with Crippen molar-refractivity contribution in [2.75, 3.05) is 0 Å². The lowest BCUT2D eigenvalue weighted by atomic mass is 10.2. The smallest absolute Gasteiger partial charge is 0.189 e. The average molecular weight is 195 g/mol. The fourth-order valence-electron chi connectivity index (χ4n) is 1.06. The van der Waals surface area contributed by atoms with Gasteiger partial charge >= 0.3 is 0 Å². The van der Waals surface area contributed by atoms with Gasteiger partial charge in [0.1, 0.15) is 0 Å². The Balaban J connectivity index is 0.000000845. The van der Waals surface area contributed by atoms with Gasteiger partial charge in [0.25, 0.3) is 0 Å². The molecule has 66 valence electrons. The predicted octanol–water partition coefficient (Wildman–Crippen LogP) is 1.41. The summed E-state index contributed by atoms with van der Waals surface area (Å²) < 4.78 is 0. The molecule has 4 heteroatoms. The zero-order valence-electron chi connectivity index (χ0n) is 6.68. The Morgan fingerprint density at radius 2 is 1.85 bits per heavy atom. The van der Waals surface area contributed by atoms with Crippen molar-refractivity contribution in [1.29, 1.82) is 0 Å². The van der Waals surface area contributed by atoms with Crippen LogP contribution in [-0.2, 0) is 0 Å². The highest BCUT2D eigenvalue weighted by atomic mass is 35.5. The Bertz CT molecular complexity index is 473. The van der Waals surface area contributed by atoms with Crippen molar-refractivity contribution in [3.63, 3.8) is 0 Å². The third-order valence-electron chi connectivity index (χ3n) is 1.63. The van der Waals surface area contributed by atoms with Gasteiger partial charge in [0.15, 0.2) is 5.43 Å². The molecule has 0 bridgehead atoms. The Labute approximate surface area is 80.8 Å². The molecule has 1 heterocycles. The van der Waals surface area contributed by atoms with Crippen LogP contribution in [0.1, 0.15) is 0 Å². The van der Waals surface area contributed by atoms with Crippen LogP contribution in [0.3, 0.4) is 0 Å². The Hall–Kier alpha value is -1.48. The van der Waals surface area contributed by atoms with E-state index in [0.29, 0.717) is 10.9 Å². The van der Waals surface area contributed by atoms with Gasteiger partial charge < -0.3 is 0 Å². The maximum absolute atomic E-state index is 11.3. The number of fused-ring (bicyclic) bond motifs is 1. The third-order valence-corrected chi connectivity index (χ3v) is 1.63. The minimum Gasteiger partial charge on any atom is -0.289 e. The van der Waals surface area contributed by atoms with Gasteiger partial charge in [-0.25, -0.2) is 0 Å². The van der Waals surface area contributed by atoms with Crippen molar-refractivity contribution in [2.45, 2.75) is 0 Å². The van der Waals surface area contributed by atoms with Crippen LogP contribution in [0.5, 0.6) is 0 Å². The van der Waals surface area contributed by atoms with Crippen LogP contribution >= 0.6 is 12.4 Å². The summed E-state index contributed by atoms with van der Waals surface area (Å²) in [5, 5.41) is 8.15. The van der Waals surface area contributed by atoms with Gasteiger partial charge in [0.05, 0.1) is 11.7 Å². The molecule has 0 spiro atoms. The minimum atomic E-state index is -0.0457. The topological polar surface area (TPSA) is 42.9 Å². The molecule has 13 heavy (non-hydrogen) atoms. The van der Waals surface area contributed by atoms with Crippen molar-refractivity contribution in [1.82, 2.24) is 10.2 Å². The largest absolute Gasteiger partial charge is 0.289 e. The number of benzene rings is 1. The summed E-state index contributed by atoms with van der Waals surface area (Å²) >= 11 is 0. The van der Waals surface area contributed by atoms with E-state index in [0.717, 1.165) is 0 Å².